The number of hydrogen-bond donors (Lipinski definition) is 1. The number of amides is 1. The number of hydrazine groups is 1. The summed E-state index contributed by atoms with van der Waals surface area (Å²) >= 11 is 0. The fourth-order valence-corrected chi connectivity index (χ4v) is 3.64. The Kier molecular flexibility index (Phi) is 5.17. The number of morpholine rings is 1. The molecule has 1 fully saturated rings. The molecule has 0 spiro atoms. The highest BCUT2D eigenvalue weighted by Crippen LogP contribution is 2.20. The van der Waals surface area contributed by atoms with Crippen LogP contribution in [-0.4, -0.2) is 64.0 Å². The molecule has 0 aliphatic carbocycles. The monoisotopic (exact) mass is 327 g/mol. The Balaban J connectivity index is 2.34. The fourth-order valence-electron chi connectivity index (χ4n) is 2.21. The second kappa shape index (κ2) is 6.74. The minimum absolute atomic E-state index is 0.129. The molecular weight excluding hydrogens is 306 g/mol. The van der Waals surface area contributed by atoms with Gasteiger partial charge in [0.25, 0.3) is 5.91 Å². The van der Waals surface area contributed by atoms with Gasteiger partial charge in [0.1, 0.15) is 0 Å². The van der Waals surface area contributed by atoms with E-state index >= 15 is 0 Å². The van der Waals surface area contributed by atoms with Gasteiger partial charge in [-0.05, 0) is 24.6 Å². The number of rotatable bonds is 4. The molecule has 1 aliphatic rings. The average molecular weight is 327 g/mol. The predicted octanol–water partition coefficient (Wildman–Crippen LogP) is 0.222. The van der Waals surface area contributed by atoms with Crippen LogP contribution in [0, 0.1) is 6.92 Å². The van der Waals surface area contributed by atoms with Gasteiger partial charge in [-0.1, -0.05) is 6.07 Å². The minimum atomic E-state index is -3.60. The number of sulfonamides is 1. The Hall–Kier alpha value is -1.48. The standard InChI is InChI=1S/C14H21N3O4S/c1-11-4-5-12(10-13(11)14(18)15-16(2)3)22(19,20)17-6-8-21-9-7-17/h4-5,10H,6-9H2,1-3H3,(H,15,18). The summed E-state index contributed by atoms with van der Waals surface area (Å²) in [5.41, 5.74) is 3.70. The van der Waals surface area contributed by atoms with Crippen molar-refractivity contribution in [2.24, 2.45) is 0 Å². The van der Waals surface area contributed by atoms with Crippen LogP contribution < -0.4 is 5.43 Å². The zero-order chi connectivity index (χ0) is 16.3. The van der Waals surface area contributed by atoms with E-state index in [2.05, 4.69) is 5.43 Å². The molecule has 0 atom stereocenters. The minimum Gasteiger partial charge on any atom is -0.379 e. The highest BCUT2D eigenvalue weighted by molar-refractivity contribution is 7.89. The number of hydrogen-bond acceptors (Lipinski definition) is 5. The molecule has 1 aromatic carbocycles. The normalized spacial score (nSPS) is 16.7. The molecular formula is C14H21N3O4S. The molecule has 1 aromatic rings. The van der Waals surface area contributed by atoms with Crippen molar-refractivity contribution in [2.45, 2.75) is 11.8 Å². The summed E-state index contributed by atoms with van der Waals surface area (Å²) in [5, 5.41) is 1.52. The number of carbonyl (C=O) groups is 1. The van der Waals surface area contributed by atoms with Crippen LogP contribution in [0.3, 0.4) is 0 Å². The maximum Gasteiger partial charge on any atom is 0.265 e. The van der Waals surface area contributed by atoms with E-state index in [-0.39, 0.29) is 10.8 Å². The van der Waals surface area contributed by atoms with Crippen LogP contribution in [0.2, 0.25) is 0 Å². The lowest BCUT2D eigenvalue weighted by atomic mass is 10.1. The van der Waals surface area contributed by atoms with E-state index in [9.17, 15) is 13.2 Å². The first-order chi connectivity index (χ1) is 10.3. The van der Waals surface area contributed by atoms with Crippen LogP contribution in [0.5, 0.6) is 0 Å². The van der Waals surface area contributed by atoms with Crippen LogP contribution >= 0.6 is 0 Å². The van der Waals surface area contributed by atoms with Crippen molar-refractivity contribution in [3.8, 4) is 0 Å². The third-order valence-electron chi connectivity index (χ3n) is 3.39. The van der Waals surface area contributed by atoms with Crippen LogP contribution in [0.15, 0.2) is 23.1 Å². The van der Waals surface area contributed by atoms with Crippen molar-refractivity contribution < 1.29 is 17.9 Å². The Labute approximate surface area is 130 Å². The van der Waals surface area contributed by atoms with Gasteiger partial charge in [0.2, 0.25) is 10.0 Å². The fraction of sp³-hybridized carbons (Fsp3) is 0.500. The topological polar surface area (TPSA) is 78.9 Å². The number of ether oxygens (including phenoxy) is 1. The zero-order valence-corrected chi connectivity index (χ0v) is 13.8. The molecule has 7 nitrogen and oxygen atoms in total. The van der Waals surface area contributed by atoms with Crippen molar-refractivity contribution in [1.29, 1.82) is 0 Å². The van der Waals surface area contributed by atoms with Crippen molar-refractivity contribution >= 4 is 15.9 Å². The molecule has 0 bridgehead atoms. The average Bonchev–Trinajstić information content (AvgIpc) is 2.47. The molecule has 0 radical (unpaired) electrons. The first-order valence-electron chi connectivity index (χ1n) is 6.99. The van der Waals surface area contributed by atoms with E-state index in [1.807, 2.05) is 0 Å². The molecule has 0 saturated carbocycles. The van der Waals surface area contributed by atoms with Gasteiger partial charge in [-0.25, -0.2) is 13.4 Å². The van der Waals surface area contributed by atoms with Gasteiger partial charge in [-0.3, -0.25) is 10.2 Å². The third-order valence-corrected chi connectivity index (χ3v) is 5.28. The summed E-state index contributed by atoms with van der Waals surface area (Å²) in [5.74, 6) is -0.332. The molecule has 1 N–H and O–H groups in total. The van der Waals surface area contributed by atoms with Crippen molar-refractivity contribution in [2.75, 3.05) is 40.4 Å². The molecule has 22 heavy (non-hydrogen) atoms. The number of nitrogens with one attached hydrogen (secondary N) is 1. The van der Waals surface area contributed by atoms with Crippen molar-refractivity contribution in [3.05, 3.63) is 29.3 Å². The third kappa shape index (κ3) is 3.64. The van der Waals surface area contributed by atoms with Gasteiger partial charge >= 0.3 is 0 Å². The number of nitrogens with zero attached hydrogens (tertiary/aromatic N) is 2. The number of carbonyl (C=O) groups excluding carboxylic acids is 1. The van der Waals surface area contributed by atoms with Gasteiger partial charge in [0.15, 0.2) is 0 Å². The smallest absolute Gasteiger partial charge is 0.265 e. The highest BCUT2D eigenvalue weighted by Gasteiger charge is 2.27. The van der Waals surface area contributed by atoms with Gasteiger partial charge in [0, 0.05) is 32.7 Å². The SMILES string of the molecule is Cc1ccc(S(=O)(=O)N2CCOCC2)cc1C(=O)NN(C)C. The van der Waals surface area contributed by atoms with E-state index in [0.717, 1.165) is 5.56 Å². The first kappa shape index (κ1) is 16.9. The lowest BCUT2D eigenvalue weighted by Gasteiger charge is -2.26. The quantitative estimate of drug-likeness (QED) is 0.801. The molecule has 0 unspecified atom stereocenters. The molecule has 1 heterocycles. The Morgan fingerprint density at radius 1 is 1.27 bits per heavy atom. The van der Waals surface area contributed by atoms with E-state index in [0.29, 0.717) is 31.9 Å². The summed E-state index contributed by atoms with van der Waals surface area (Å²) in [4.78, 5) is 12.3. The largest absolute Gasteiger partial charge is 0.379 e. The van der Waals surface area contributed by atoms with Crippen molar-refractivity contribution in [1.82, 2.24) is 14.7 Å². The molecule has 1 saturated heterocycles. The van der Waals surface area contributed by atoms with Crippen LogP contribution in [0.1, 0.15) is 15.9 Å². The summed E-state index contributed by atoms with van der Waals surface area (Å²) in [6.07, 6.45) is 0. The van der Waals surface area contributed by atoms with E-state index < -0.39 is 10.0 Å². The van der Waals surface area contributed by atoms with Crippen LogP contribution in [-0.2, 0) is 14.8 Å². The lowest BCUT2D eigenvalue weighted by Crippen LogP contribution is -2.41. The van der Waals surface area contributed by atoms with Gasteiger partial charge in [-0.2, -0.15) is 4.31 Å². The van der Waals surface area contributed by atoms with E-state index in [4.69, 9.17) is 4.74 Å². The van der Waals surface area contributed by atoms with Crippen molar-refractivity contribution in [3.63, 3.8) is 0 Å². The summed E-state index contributed by atoms with van der Waals surface area (Å²) in [6.45, 7) is 3.21. The summed E-state index contributed by atoms with van der Waals surface area (Å²) in [7, 11) is -0.212. The molecule has 1 aliphatic heterocycles. The molecule has 0 aromatic heterocycles. The number of benzene rings is 1. The lowest BCUT2D eigenvalue weighted by molar-refractivity contribution is 0.0730. The van der Waals surface area contributed by atoms with Gasteiger partial charge in [-0.15, -0.1) is 0 Å². The Bertz CT molecular complexity index is 652. The first-order valence-corrected chi connectivity index (χ1v) is 8.43. The second-order valence-electron chi connectivity index (χ2n) is 5.33. The van der Waals surface area contributed by atoms with Gasteiger partial charge < -0.3 is 4.74 Å². The molecule has 2 rings (SSSR count). The van der Waals surface area contributed by atoms with E-state index in [1.165, 1.54) is 21.4 Å². The van der Waals surface area contributed by atoms with Crippen LogP contribution in [0.25, 0.3) is 0 Å². The van der Waals surface area contributed by atoms with Gasteiger partial charge in [0.05, 0.1) is 18.1 Å². The highest BCUT2D eigenvalue weighted by atomic mass is 32.2. The summed E-state index contributed by atoms with van der Waals surface area (Å²) < 4.78 is 31.8. The Morgan fingerprint density at radius 2 is 1.91 bits per heavy atom. The van der Waals surface area contributed by atoms with E-state index in [1.54, 1.807) is 27.1 Å². The molecule has 1 amide bonds. The zero-order valence-electron chi connectivity index (χ0n) is 13.0. The molecule has 8 heteroatoms. The summed E-state index contributed by atoms with van der Waals surface area (Å²) in [6, 6.07) is 4.61. The Morgan fingerprint density at radius 3 is 2.50 bits per heavy atom. The number of aryl methyl sites for hydroxylation is 1. The van der Waals surface area contributed by atoms with Crippen LogP contribution in [0.4, 0.5) is 0 Å². The predicted molar refractivity (Wildman–Crippen MR) is 81.9 cm³/mol. The maximum absolute atomic E-state index is 12.6. The maximum atomic E-state index is 12.6. The second-order valence-corrected chi connectivity index (χ2v) is 7.27. The molecule has 122 valence electrons.